The molecule has 3 amide bonds. The summed E-state index contributed by atoms with van der Waals surface area (Å²) in [5.41, 5.74) is -1.71. The van der Waals surface area contributed by atoms with Gasteiger partial charge in [-0.15, -0.1) is 0 Å². The zero-order chi connectivity index (χ0) is 100. The van der Waals surface area contributed by atoms with Gasteiger partial charge >= 0.3 is 57.3 Å². The first-order valence-corrected chi connectivity index (χ1v) is 41.3. The molecule has 133 heavy (non-hydrogen) atoms. The van der Waals surface area contributed by atoms with Crippen LogP contribution >= 0.6 is 47.8 Å². The van der Waals surface area contributed by atoms with Gasteiger partial charge < -0.3 is 55.0 Å². The Morgan fingerprint density at radius 2 is 0.797 bits per heavy atom. The number of aliphatic hydroxyl groups excluding tert-OH is 1. The predicted octanol–water partition coefficient (Wildman–Crippen LogP) is 19.4. The highest BCUT2D eigenvalue weighted by atomic mass is 79.9. The van der Waals surface area contributed by atoms with Crippen LogP contribution in [0.25, 0.3) is 22.3 Å². The minimum atomic E-state index is -4.86. The Hall–Kier alpha value is -9.34. The number of carbonyl (C=O) groups is 4. The lowest BCUT2D eigenvalue weighted by molar-refractivity contribution is -0.160. The van der Waals surface area contributed by atoms with Crippen LogP contribution in [0.2, 0.25) is 0 Å². The quantitative estimate of drug-likeness (QED) is 0.0183. The molecule has 3 fully saturated rings. The maximum absolute atomic E-state index is 13.8. The summed E-state index contributed by atoms with van der Waals surface area (Å²) in [6.07, 6.45) is -29.6. The van der Waals surface area contributed by atoms with Gasteiger partial charge in [-0.2, -0.15) is 92.2 Å². The summed E-state index contributed by atoms with van der Waals surface area (Å²) < 4.78 is 330. The molecule has 9 atom stereocenters. The fraction of sp³-hybridized carbons (Fsp3) is 0.429. The van der Waals surface area contributed by atoms with Crippen molar-refractivity contribution in [2.24, 2.45) is 4.99 Å². The average Bonchev–Trinajstić information content (AvgIpc) is 1.60. The standard InChI is InChI=1S/C22H23F6N3O2.C20H27BF3NO4.C19H19F6N3O2.C8H8BrF3N2.C8H6BrF3N2.C7H3BrF3NO/c1-21(2)31(20(32)19(24)25)16(10-23)17(33-21)13-6-4-12(5-7-13)14-8-9-15(30-11-14)18(29-3)22(26,27)28;1-18(2)19(3,4)29-21(28-18)13-9-7-12(8-10-13)15-14(11-22)25(17(26)16(23)24)20(5,6)27-15;1-26-16(19(23,24)25)13-7-6-12(9-27-13)10-2-4-11(5-3-10)15(29)14(8-20)28-18(30)17(21)22;2*1-13-7(8(10,11)12)6-3-2-5(9)4-14-6;8-4-1-2-5(12-3-4)6(13)7(9,10)11/h4-9,11,16-19,29H,10H2,1-3H3;7-10,14-16H,11H2,1-6H3;2-7,9,14-17,26,29H,8H2,1H3,(H,28,30);2-4,7,13H,1H3;2-4H,1H3;1-3H/t16-,17-,18?;14-,15-;14-,15-,16?;;;/m111.../s1. The smallest absolute Gasteiger partial charge is 0.399 e. The predicted molar refractivity (Wildman–Crippen MR) is 450 cm³/mol. The number of aromatic nitrogens is 5. The van der Waals surface area contributed by atoms with Crippen molar-refractivity contribution in [1.82, 2.24) is 56.0 Å². The van der Waals surface area contributed by atoms with E-state index in [-0.39, 0.29) is 28.3 Å². The molecule has 3 aliphatic rings. The number of pyridine rings is 5. The Kier molecular flexibility index (Phi) is 39.7. The summed E-state index contributed by atoms with van der Waals surface area (Å²) in [6.45, 7) is 10.3. The van der Waals surface area contributed by atoms with Crippen LogP contribution in [0, 0.1) is 0 Å². The number of aliphatic hydroxyl groups is 1. The molecule has 5 aromatic heterocycles. The Morgan fingerprint density at radius 1 is 0.459 bits per heavy atom. The van der Waals surface area contributed by atoms with Crippen molar-refractivity contribution in [2.45, 2.75) is 183 Å². The zero-order valence-electron chi connectivity index (χ0n) is 71.7. The summed E-state index contributed by atoms with van der Waals surface area (Å²) in [6, 6.07) is 23.2. The van der Waals surface area contributed by atoms with Crippen LogP contribution in [0.5, 0.6) is 0 Å². The highest BCUT2D eigenvalue weighted by Crippen LogP contribution is 2.46. The molecule has 0 radical (unpaired) electrons. The molecule has 0 aliphatic carbocycles. The zero-order valence-corrected chi connectivity index (χ0v) is 76.5. The summed E-state index contributed by atoms with van der Waals surface area (Å²) in [4.78, 5) is 68.6. The number of nitrogens with one attached hydrogen (secondary N) is 4. The fourth-order valence-corrected chi connectivity index (χ4v) is 13.9. The number of amides is 3. The lowest BCUT2D eigenvalue weighted by Gasteiger charge is -2.32. The van der Waals surface area contributed by atoms with Crippen molar-refractivity contribution in [3.63, 3.8) is 0 Å². The number of carbonyl (C=O) groups excluding carboxylic acids is 4. The van der Waals surface area contributed by atoms with Crippen molar-refractivity contribution >= 4 is 89.6 Å². The molecule has 49 heteroatoms. The van der Waals surface area contributed by atoms with Gasteiger partial charge in [-0.05, 0) is 206 Å². The average molecular weight is 2110 g/mol. The van der Waals surface area contributed by atoms with E-state index >= 15 is 0 Å². The van der Waals surface area contributed by atoms with Gasteiger partial charge in [-0.3, -0.25) is 49.1 Å². The maximum Gasteiger partial charge on any atom is 0.494 e. The number of ether oxygens (including phenoxy) is 2. The van der Waals surface area contributed by atoms with Gasteiger partial charge in [-0.25, -0.2) is 13.2 Å². The van der Waals surface area contributed by atoms with E-state index in [1.54, 1.807) is 53.8 Å². The van der Waals surface area contributed by atoms with Crippen LogP contribution in [0.15, 0.2) is 183 Å². The summed E-state index contributed by atoms with van der Waals surface area (Å²) in [7, 11) is 4.16. The number of halogens is 27. The van der Waals surface area contributed by atoms with Crippen LogP contribution in [0.3, 0.4) is 0 Å². The highest BCUT2D eigenvalue weighted by molar-refractivity contribution is 9.11. The van der Waals surface area contributed by atoms with E-state index in [9.17, 15) is 130 Å². The van der Waals surface area contributed by atoms with Crippen LogP contribution < -0.4 is 26.7 Å². The minimum Gasteiger partial charge on any atom is -0.399 e. The van der Waals surface area contributed by atoms with Crippen LogP contribution in [0.4, 0.5) is 105 Å². The molecule has 0 bridgehead atoms. The normalized spacial score (nSPS) is 18.7. The van der Waals surface area contributed by atoms with Gasteiger partial charge in [0.2, 0.25) is 0 Å². The van der Waals surface area contributed by atoms with Gasteiger partial charge in [0.1, 0.15) is 73.6 Å². The van der Waals surface area contributed by atoms with Crippen molar-refractivity contribution in [3.8, 4) is 22.3 Å². The van der Waals surface area contributed by atoms with Gasteiger partial charge in [0.25, 0.3) is 23.5 Å². The van der Waals surface area contributed by atoms with Crippen LogP contribution in [-0.4, -0.2) is 215 Å². The van der Waals surface area contributed by atoms with E-state index in [1.807, 2.05) is 27.7 Å². The van der Waals surface area contributed by atoms with E-state index < -0.39 is 189 Å². The van der Waals surface area contributed by atoms with Crippen molar-refractivity contribution in [3.05, 3.63) is 223 Å². The maximum atomic E-state index is 13.8. The topological polar surface area (TPSA) is 257 Å². The van der Waals surface area contributed by atoms with Gasteiger partial charge in [0.05, 0.1) is 52.1 Å². The molecule has 3 unspecified atom stereocenters. The first-order valence-electron chi connectivity index (χ1n) is 38.9. The number of alkyl halides is 24. The molecule has 3 aliphatic heterocycles. The fourth-order valence-electron chi connectivity index (χ4n) is 13.2. The van der Waals surface area contributed by atoms with Crippen LogP contribution in [0.1, 0.15) is 142 Å². The minimum absolute atomic E-state index is 0.0387. The van der Waals surface area contributed by atoms with Crippen molar-refractivity contribution < 1.29 is 148 Å². The van der Waals surface area contributed by atoms with Crippen LogP contribution in [-0.2, 0) is 33.2 Å². The van der Waals surface area contributed by atoms with Gasteiger partial charge in [0.15, 0.2) is 5.71 Å². The van der Waals surface area contributed by atoms with E-state index in [4.69, 9.17) is 18.8 Å². The van der Waals surface area contributed by atoms with E-state index in [0.29, 0.717) is 46.8 Å². The number of Topliss-reactive ketones (excluding diaryl/α,β-unsaturated/α-hetero) is 1. The largest absolute Gasteiger partial charge is 0.494 e. The van der Waals surface area contributed by atoms with Gasteiger partial charge in [0, 0.05) is 62.6 Å². The van der Waals surface area contributed by atoms with Crippen molar-refractivity contribution in [1.29, 1.82) is 0 Å². The van der Waals surface area contributed by atoms with Gasteiger partial charge in [-0.1, -0.05) is 84.9 Å². The Morgan fingerprint density at radius 3 is 1.08 bits per heavy atom. The Bertz CT molecular complexity index is 5090. The second-order valence-electron chi connectivity index (χ2n) is 30.7. The molecule has 21 nitrogen and oxygen atoms in total. The number of ketones is 1. The molecule has 11 rings (SSSR count). The number of hydrogen-bond donors (Lipinski definition) is 5. The first-order chi connectivity index (χ1) is 61.6. The van der Waals surface area contributed by atoms with Crippen molar-refractivity contribution in [2.75, 3.05) is 48.2 Å². The van der Waals surface area contributed by atoms with E-state index in [2.05, 4.69) is 93.7 Å². The molecule has 5 N–H and O–H groups in total. The lowest BCUT2D eigenvalue weighted by atomic mass is 9.78. The third kappa shape index (κ3) is 30.1. The first kappa shape index (κ1) is 112. The third-order valence-corrected chi connectivity index (χ3v) is 21.7. The second kappa shape index (κ2) is 46.9. The summed E-state index contributed by atoms with van der Waals surface area (Å²) in [5.74, 6) is -6.57. The molecule has 8 heterocycles. The summed E-state index contributed by atoms with van der Waals surface area (Å²) >= 11 is 9.18. The van der Waals surface area contributed by atoms with E-state index in [1.165, 1.54) is 152 Å². The molecule has 3 aromatic carbocycles. The molecular formula is C84H86BBr3F24N12O9. The Balaban J connectivity index is 0.000000255. The highest BCUT2D eigenvalue weighted by Gasteiger charge is 2.56. The van der Waals surface area contributed by atoms with E-state index in [0.717, 1.165) is 34.6 Å². The molecule has 8 aromatic rings. The molecule has 728 valence electrons. The number of aliphatic imine (C=N–C) groups is 1. The number of nitrogens with zero attached hydrogens (tertiary/aromatic N) is 8. The Labute approximate surface area is 771 Å². The number of benzene rings is 3. The molecule has 3 saturated heterocycles. The molecular weight excluding hydrogens is 2030 g/mol. The third-order valence-electron chi connectivity index (χ3n) is 20.3. The number of hydrogen-bond acceptors (Lipinski definition) is 18. The monoisotopic (exact) mass is 2110 g/mol. The number of rotatable bonds is 22. The molecule has 0 saturated carbocycles. The lowest BCUT2D eigenvalue weighted by Crippen LogP contribution is -2.51. The molecule has 0 spiro atoms. The SMILES string of the molecule is CC1(C)O[C@H](c2ccc(B3OC(C)(C)C(C)(C)O3)cc2)[C@@H](CF)N1C(=O)C(F)F.CN=C(c1ccc(Br)cn1)C(F)(F)F.CNC(c1ccc(-c2ccc([C@@H](O)[C@@H](CF)NC(=O)C(F)F)cc2)cn1)C(F)(F)F.CNC(c1ccc(-c2ccc([C@H]3OC(C)(C)N(C(=O)C(F)F)[C@@H]3CF)cc2)cn1)C(F)(F)F.CNC(c1ccc(Br)cn1)C(F)(F)F.O=C(c1ccc(Br)cn1)C(F)(F)F. The summed E-state index contributed by atoms with van der Waals surface area (Å²) in [5, 5.41) is 18.4. The second-order valence-corrected chi connectivity index (χ2v) is 33.4.